The fourth-order valence-corrected chi connectivity index (χ4v) is 5.71. The molecule has 0 spiro atoms. The van der Waals surface area contributed by atoms with Crippen LogP contribution in [0.5, 0.6) is 0 Å². The van der Waals surface area contributed by atoms with Gasteiger partial charge in [-0.15, -0.1) is 24.8 Å². The molecule has 4 fully saturated rings. The summed E-state index contributed by atoms with van der Waals surface area (Å²) in [5.74, 6) is -0.980. The molecule has 0 bridgehead atoms. The smallest absolute Gasteiger partial charge is 0.321 e. The van der Waals surface area contributed by atoms with Crippen molar-refractivity contribution in [3.05, 3.63) is 0 Å². The number of ketones is 2. The first kappa shape index (κ1) is 25.5. The van der Waals surface area contributed by atoms with Crippen molar-refractivity contribution >= 4 is 42.3 Å². The lowest BCUT2D eigenvalue weighted by Gasteiger charge is -2.49. The summed E-state index contributed by atoms with van der Waals surface area (Å²) in [4.78, 5) is 38.6. The zero-order valence-corrected chi connectivity index (χ0v) is 19.3. The molecule has 10 heteroatoms. The first-order valence-corrected chi connectivity index (χ1v) is 10.7. The number of carbonyl (C=O) groups excluding carboxylic acids is 3. The molecule has 0 aromatic rings. The Kier molecular flexibility index (Phi) is 8.69. The van der Waals surface area contributed by atoms with Gasteiger partial charge in [0, 0.05) is 39.3 Å². The van der Waals surface area contributed by atoms with Crippen molar-refractivity contribution in [3.8, 4) is 0 Å². The highest BCUT2D eigenvalue weighted by Gasteiger charge is 2.71. The molecule has 2 saturated heterocycles. The number of Topliss-reactive ketones (excluding diaryl/α,β-unsaturated/α-hetero) is 2. The second-order valence-corrected chi connectivity index (χ2v) is 8.60. The SMILES string of the molecule is COC(=O)C12CCCCC1(NN1CCN(N3CCCCC3)CC1)C(=O)CC2=O.Cl.Cl. The summed E-state index contributed by atoms with van der Waals surface area (Å²) in [6, 6.07) is 0. The zero-order valence-electron chi connectivity index (χ0n) is 17.7. The van der Waals surface area contributed by atoms with E-state index in [0.717, 1.165) is 52.1 Å². The summed E-state index contributed by atoms with van der Waals surface area (Å²) in [5, 5.41) is 6.91. The topological polar surface area (TPSA) is 82.2 Å². The van der Waals surface area contributed by atoms with Crippen LogP contribution >= 0.6 is 24.8 Å². The molecule has 2 saturated carbocycles. The van der Waals surface area contributed by atoms with Gasteiger partial charge in [0.15, 0.2) is 17.0 Å². The first-order valence-electron chi connectivity index (χ1n) is 10.7. The number of methoxy groups -OCH3 is 1. The number of rotatable bonds is 4. The molecule has 30 heavy (non-hydrogen) atoms. The lowest BCUT2D eigenvalue weighted by atomic mass is 9.62. The van der Waals surface area contributed by atoms with Crippen LogP contribution in [0.1, 0.15) is 51.4 Å². The predicted molar refractivity (Wildman–Crippen MR) is 116 cm³/mol. The van der Waals surface area contributed by atoms with Gasteiger partial charge in [0.05, 0.1) is 13.5 Å². The van der Waals surface area contributed by atoms with Crippen LogP contribution in [0.4, 0.5) is 0 Å². The molecule has 2 unspecified atom stereocenters. The summed E-state index contributed by atoms with van der Waals surface area (Å²) in [6.07, 6.45) is 6.14. The molecule has 4 rings (SSSR count). The van der Waals surface area contributed by atoms with Gasteiger partial charge in [-0.1, -0.05) is 19.3 Å². The third kappa shape index (κ3) is 4.02. The van der Waals surface area contributed by atoms with E-state index < -0.39 is 16.9 Å². The Hall–Kier alpha value is -0.770. The van der Waals surface area contributed by atoms with E-state index in [1.54, 1.807) is 0 Å². The molecule has 0 radical (unpaired) electrons. The maximum Gasteiger partial charge on any atom is 0.321 e. The molecule has 0 aromatic heterocycles. The minimum absolute atomic E-state index is 0. The largest absolute Gasteiger partial charge is 0.468 e. The third-order valence-corrected chi connectivity index (χ3v) is 7.23. The second kappa shape index (κ2) is 10.2. The fourth-order valence-electron chi connectivity index (χ4n) is 5.71. The molecule has 2 aliphatic carbocycles. The molecular formula is C20H34Cl2N4O4. The van der Waals surface area contributed by atoms with Gasteiger partial charge in [-0.3, -0.25) is 14.4 Å². The predicted octanol–water partition coefficient (Wildman–Crippen LogP) is 1.37. The first-order chi connectivity index (χ1) is 13.5. The van der Waals surface area contributed by atoms with E-state index in [9.17, 15) is 14.4 Å². The minimum atomic E-state index is -1.36. The van der Waals surface area contributed by atoms with E-state index in [1.165, 1.54) is 26.4 Å². The number of hydrogen-bond donors (Lipinski definition) is 1. The minimum Gasteiger partial charge on any atom is -0.468 e. The zero-order chi connectivity index (χ0) is 19.8. The van der Waals surface area contributed by atoms with Gasteiger partial charge in [-0.2, -0.15) is 0 Å². The van der Waals surface area contributed by atoms with Gasteiger partial charge in [-0.05, 0) is 25.7 Å². The van der Waals surface area contributed by atoms with Crippen molar-refractivity contribution in [2.24, 2.45) is 5.41 Å². The van der Waals surface area contributed by atoms with E-state index in [1.807, 2.05) is 0 Å². The summed E-state index contributed by atoms with van der Waals surface area (Å²) < 4.78 is 5.04. The fraction of sp³-hybridized carbons (Fsp3) is 0.850. The molecule has 1 N–H and O–H groups in total. The summed E-state index contributed by atoms with van der Waals surface area (Å²) in [6.45, 7) is 5.53. The van der Waals surface area contributed by atoms with Crippen LogP contribution in [-0.4, -0.2) is 84.5 Å². The number of nitrogens with one attached hydrogen (secondary N) is 1. The number of piperidine rings is 1. The van der Waals surface area contributed by atoms with Crippen molar-refractivity contribution < 1.29 is 19.1 Å². The summed E-state index contributed by atoms with van der Waals surface area (Å²) in [5.41, 5.74) is 0.914. The van der Waals surface area contributed by atoms with Gasteiger partial charge in [0.2, 0.25) is 0 Å². The molecule has 2 aliphatic heterocycles. The quantitative estimate of drug-likeness (QED) is 0.493. The highest BCUT2D eigenvalue weighted by atomic mass is 35.5. The van der Waals surface area contributed by atoms with Crippen LogP contribution in [0.3, 0.4) is 0 Å². The van der Waals surface area contributed by atoms with Gasteiger partial charge in [0.1, 0.15) is 5.54 Å². The van der Waals surface area contributed by atoms with E-state index in [0.29, 0.717) is 12.8 Å². The van der Waals surface area contributed by atoms with E-state index in [4.69, 9.17) is 4.74 Å². The van der Waals surface area contributed by atoms with Crippen LogP contribution in [0.2, 0.25) is 0 Å². The number of halogens is 2. The molecule has 8 nitrogen and oxygen atoms in total. The second-order valence-electron chi connectivity index (χ2n) is 8.60. The highest BCUT2D eigenvalue weighted by Crippen LogP contribution is 2.52. The third-order valence-electron chi connectivity index (χ3n) is 7.23. The van der Waals surface area contributed by atoms with E-state index in [2.05, 4.69) is 20.5 Å². The van der Waals surface area contributed by atoms with Gasteiger partial charge >= 0.3 is 5.97 Å². The maximum atomic E-state index is 13.0. The van der Waals surface area contributed by atoms with Crippen molar-refractivity contribution in [1.82, 2.24) is 20.5 Å². The monoisotopic (exact) mass is 464 g/mol. The van der Waals surface area contributed by atoms with Crippen LogP contribution < -0.4 is 5.43 Å². The number of nitrogens with zero attached hydrogens (tertiary/aromatic N) is 3. The van der Waals surface area contributed by atoms with Crippen molar-refractivity contribution in [2.75, 3.05) is 46.4 Å². The Morgan fingerprint density at radius 1 is 0.833 bits per heavy atom. The lowest BCUT2D eigenvalue weighted by molar-refractivity contribution is -0.170. The van der Waals surface area contributed by atoms with Gasteiger partial charge in [0.25, 0.3) is 0 Å². The number of hydrogen-bond acceptors (Lipinski definition) is 8. The average Bonchev–Trinajstić information content (AvgIpc) is 2.96. The Morgan fingerprint density at radius 3 is 2.07 bits per heavy atom. The van der Waals surface area contributed by atoms with Crippen molar-refractivity contribution in [1.29, 1.82) is 0 Å². The van der Waals surface area contributed by atoms with E-state index in [-0.39, 0.29) is 42.8 Å². The van der Waals surface area contributed by atoms with E-state index >= 15 is 0 Å². The van der Waals surface area contributed by atoms with Crippen molar-refractivity contribution in [3.63, 3.8) is 0 Å². The molecule has 2 atom stereocenters. The number of carbonyl (C=O) groups is 3. The number of ether oxygens (including phenoxy) is 1. The molecule has 2 heterocycles. The standard InChI is InChI=1S/C20H32N4O4.2ClH/c1-28-18(27)19-7-3-4-8-20(19,17(26)15-16(19)25)21-22-11-13-24(14-12-22)23-9-5-2-6-10-23;;/h21H,2-15H2,1H3;2*1H. The Balaban J connectivity index is 0.00000160. The molecule has 0 aromatic carbocycles. The number of piperazine rings is 1. The number of fused-ring (bicyclic) bond motifs is 1. The van der Waals surface area contributed by atoms with Crippen LogP contribution in [0, 0.1) is 5.41 Å². The van der Waals surface area contributed by atoms with Crippen LogP contribution in [0.25, 0.3) is 0 Å². The lowest BCUT2D eigenvalue weighted by Crippen LogP contribution is -2.71. The van der Waals surface area contributed by atoms with Crippen molar-refractivity contribution in [2.45, 2.75) is 56.9 Å². The Morgan fingerprint density at radius 2 is 1.43 bits per heavy atom. The molecule has 0 amide bonds. The average molecular weight is 465 g/mol. The van der Waals surface area contributed by atoms with Gasteiger partial charge in [-0.25, -0.2) is 20.5 Å². The highest BCUT2D eigenvalue weighted by molar-refractivity contribution is 6.23. The molecule has 172 valence electrons. The molecule has 4 aliphatic rings. The normalized spacial score (nSPS) is 33.4. The summed E-state index contributed by atoms with van der Waals surface area (Å²) >= 11 is 0. The Labute approximate surface area is 190 Å². The Bertz CT molecular complexity index is 653. The maximum absolute atomic E-state index is 13.0. The molecular weight excluding hydrogens is 431 g/mol. The number of hydrazine groups is 2. The number of esters is 1. The van der Waals surface area contributed by atoms with Crippen LogP contribution in [-0.2, 0) is 19.1 Å². The van der Waals surface area contributed by atoms with Gasteiger partial charge < -0.3 is 4.74 Å². The van der Waals surface area contributed by atoms with Crippen LogP contribution in [0.15, 0.2) is 0 Å². The summed E-state index contributed by atoms with van der Waals surface area (Å²) in [7, 11) is 1.31.